The van der Waals surface area contributed by atoms with E-state index >= 15 is 4.39 Å². The SMILES string of the molecule is CCNC(=O)C1CCN(c2cc(F)ccc2[C@H]2CN(C(=O)[C@]3(F)CN(C4CCC(OC)CC4)C[C@H]3c3ccc(OC)cc3)C[C@@H]2I)CC1. The zero-order chi connectivity index (χ0) is 34.0. The van der Waals surface area contributed by atoms with Gasteiger partial charge in [0.2, 0.25) is 11.6 Å². The number of methoxy groups -OCH3 is 2. The molecule has 4 fully saturated rings. The molecule has 6 rings (SSSR count). The van der Waals surface area contributed by atoms with Crippen LogP contribution < -0.4 is 15.0 Å². The Morgan fingerprint density at radius 1 is 0.979 bits per heavy atom. The number of nitrogens with zero attached hydrogens (tertiary/aromatic N) is 3. The van der Waals surface area contributed by atoms with Crippen molar-refractivity contribution in [3.63, 3.8) is 0 Å². The Morgan fingerprint density at radius 2 is 1.69 bits per heavy atom. The number of ether oxygens (including phenoxy) is 2. The van der Waals surface area contributed by atoms with Gasteiger partial charge in [0.25, 0.3) is 5.91 Å². The van der Waals surface area contributed by atoms with E-state index in [1.54, 1.807) is 25.2 Å². The lowest BCUT2D eigenvalue weighted by Crippen LogP contribution is -2.50. The van der Waals surface area contributed by atoms with Gasteiger partial charge in [0, 0.05) is 86.3 Å². The molecule has 4 aliphatic rings. The minimum Gasteiger partial charge on any atom is -0.497 e. The van der Waals surface area contributed by atoms with Crippen LogP contribution in [0.15, 0.2) is 42.5 Å². The molecule has 3 saturated heterocycles. The van der Waals surface area contributed by atoms with Gasteiger partial charge in [0.1, 0.15) is 11.6 Å². The van der Waals surface area contributed by atoms with Gasteiger partial charge >= 0.3 is 0 Å². The van der Waals surface area contributed by atoms with Crippen molar-refractivity contribution in [3.05, 3.63) is 59.4 Å². The highest BCUT2D eigenvalue weighted by atomic mass is 127. The molecule has 3 aliphatic heterocycles. The Morgan fingerprint density at radius 3 is 2.33 bits per heavy atom. The molecule has 4 atom stereocenters. The minimum absolute atomic E-state index is 0.0356. The molecule has 0 bridgehead atoms. The van der Waals surface area contributed by atoms with E-state index in [0.717, 1.165) is 42.5 Å². The summed E-state index contributed by atoms with van der Waals surface area (Å²) in [6.07, 6.45) is 5.36. The Kier molecular flexibility index (Phi) is 11.2. The Balaban J connectivity index is 1.22. The van der Waals surface area contributed by atoms with Crippen LogP contribution in [0.4, 0.5) is 14.5 Å². The fourth-order valence-corrected chi connectivity index (χ4v) is 9.58. The number of likely N-dealkylation sites (tertiary alicyclic amines) is 2. The largest absolute Gasteiger partial charge is 0.497 e. The molecule has 2 amide bonds. The Labute approximate surface area is 297 Å². The number of nitrogens with one attached hydrogen (secondary N) is 1. The second kappa shape index (κ2) is 15.2. The maximum absolute atomic E-state index is 17.7. The highest BCUT2D eigenvalue weighted by Crippen LogP contribution is 2.46. The molecule has 0 radical (unpaired) electrons. The van der Waals surface area contributed by atoms with Crippen molar-refractivity contribution in [3.8, 4) is 5.75 Å². The molecule has 48 heavy (non-hydrogen) atoms. The topological polar surface area (TPSA) is 74.4 Å². The van der Waals surface area contributed by atoms with Crippen LogP contribution in [0.1, 0.15) is 68.4 Å². The van der Waals surface area contributed by atoms with Crippen LogP contribution in [-0.2, 0) is 14.3 Å². The van der Waals surface area contributed by atoms with Crippen molar-refractivity contribution < 1.29 is 27.8 Å². The fourth-order valence-electron chi connectivity index (χ4n) is 8.49. The monoisotopic (exact) mass is 778 g/mol. The van der Waals surface area contributed by atoms with Crippen LogP contribution in [0.5, 0.6) is 5.75 Å². The predicted octanol–water partition coefficient (Wildman–Crippen LogP) is 5.68. The first-order chi connectivity index (χ1) is 23.1. The summed E-state index contributed by atoms with van der Waals surface area (Å²) in [5, 5.41) is 2.93. The van der Waals surface area contributed by atoms with E-state index in [2.05, 4.69) is 37.7 Å². The quantitative estimate of drug-likeness (QED) is 0.261. The molecule has 1 N–H and O–H groups in total. The average Bonchev–Trinajstić information content (AvgIpc) is 3.68. The minimum atomic E-state index is -2.08. The van der Waals surface area contributed by atoms with Crippen molar-refractivity contribution in [1.29, 1.82) is 0 Å². The highest BCUT2D eigenvalue weighted by Gasteiger charge is 2.57. The second-order valence-electron chi connectivity index (χ2n) is 14.0. The molecule has 1 saturated carbocycles. The van der Waals surface area contributed by atoms with Crippen molar-refractivity contribution in [2.75, 3.05) is 64.9 Å². The molecule has 2 aromatic carbocycles. The number of amides is 2. The van der Waals surface area contributed by atoms with Gasteiger partial charge in [-0.15, -0.1) is 0 Å². The van der Waals surface area contributed by atoms with E-state index in [1.807, 2.05) is 37.3 Å². The number of halogens is 3. The molecule has 0 unspecified atom stereocenters. The maximum atomic E-state index is 17.7. The smallest absolute Gasteiger partial charge is 0.262 e. The molecule has 8 nitrogen and oxygen atoms in total. The van der Waals surface area contributed by atoms with Gasteiger partial charge < -0.3 is 24.6 Å². The first-order valence-electron chi connectivity index (χ1n) is 17.5. The highest BCUT2D eigenvalue weighted by molar-refractivity contribution is 14.1. The number of carbonyl (C=O) groups is 2. The third-order valence-electron chi connectivity index (χ3n) is 11.3. The summed E-state index contributed by atoms with van der Waals surface area (Å²) >= 11 is 2.38. The number of hydrogen-bond acceptors (Lipinski definition) is 6. The van der Waals surface area contributed by atoms with Gasteiger partial charge in [-0.05, 0) is 80.8 Å². The molecule has 3 heterocycles. The van der Waals surface area contributed by atoms with Crippen LogP contribution in [0.25, 0.3) is 0 Å². The molecular formula is C37H49F2IN4O4. The van der Waals surface area contributed by atoms with Gasteiger partial charge in [0.15, 0.2) is 0 Å². The van der Waals surface area contributed by atoms with Gasteiger partial charge in [-0.3, -0.25) is 14.5 Å². The summed E-state index contributed by atoms with van der Waals surface area (Å²) in [6, 6.07) is 12.6. The van der Waals surface area contributed by atoms with Crippen molar-refractivity contribution in [1.82, 2.24) is 15.1 Å². The summed E-state index contributed by atoms with van der Waals surface area (Å²) in [5.74, 6) is -0.712. The number of piperidine rings is 1. The molecule has 0 aromatic heterocycles. The van der Waals surface area contributed by atoms with Crippen molar-refractivity contribution in [2.45, 2.75) is 79.0 Å². The van der Waals surface area contributed by atoms with Crippen LogP contribution in [0.2, 0.25) is 0 Å². The number of benzene rings is 2. The number of alkyl halides is 2. The summed E-state index contributed by atoms with van der Waals surface area (Å²) in [7, 11) is 3.36. The van der Waals surface area contributed by atoms with Gasteiger partial charge in [-0.2, -0.15) is 0 Å². The van der Waals surface area contributed by atoms with Gasteiger partial charge in [0.05, 0.1) is 13.2 Å². The van der Waals surface area contributed by atoms with E-state index in [9.17, 15) is 14.0 Å². The second-order valence-corrected chi connectivity index (χ2v) is 15.6. The summed E-state index contributed by atoms with van der Waals surface area (Å²) in [5.41, 5.74) is 0.517. The lowest BCUT2D eigenvalue weighted by atomic mass is 9.85. The first kappa shape index (κ1) is 35.3. The van der Waals surface area contributed by atoms with Gasteiger partial charge in [-0.1, -0.05) is 40.8 Å². The van der Waals surface area contributed by atoms with Crippen LogP contribution in [0.3, 0.4) is 0 Å². The molecular weight excluding hydrogens is 729 g/mol. The number of carbonyl (C=O) groups excluding carboxylic acids is 2. The summed E-state index contributed by atoms with van der Waals surface area (Å²) < 4.78 is 43.4. The zero-order valence-electron chi connectivity index (χ0n) is 28.3. The fraction of sp³-hybridized carbons (Fsp3) is 0.622. The molecule has 11 heteroatoms. The van der Waals surface area contributed by atoms with Crippen LogP contribution >= 0.6 is 22.6 Å². The van der Waals surface area contributed by atoms with E-state index < -0.39 is 17.5 Å². The molecule has 0 spiro atoms. The number of anilines is 1. The van der Waals surface area contributed by atoms with E-state index in [4.69, 9.17) is 9.47 Å². The standard InChI is InChI=1S/C37H49F2IN4O4/c1-4-41-35(45)25-15-17-42(18-16-25)34-19-26(38)7-14-30(34)31-20-43(22-33(31)40)36(46)37(39)23-44(27-8-12-29(48-3)13-9-27)21-32(37)24-5-10-28(47-2)11-6-24/h5-7,10-11,14,19,25,27,29,31-33H,4,8-9,12-13,15-18,20-23H2,1-3H3,(H,41,45)/t27?,29?,31-,32+,33+,37+/m1/s1. The lowest BCUT2D eigenvalue weighted by molar-refractivity contribution is -0.143. The van der Waals surface area contributed by atoms with Crippen LogP contribution in [0, 0.1) is 11.7 Å². The molecule has 1 aliphatic carbocycles. The number of hydrogen-bond donors (Lipinski definition) is 1. The maximum Gasteiger partial charge on any atom is 0.262 e. The third kappa shape index (κ3) is 7.19. The van der Waals surface area contributed by atoms with Crippen LogP contribution in [-0.4, -0.2) is 103 Å². The van der Waals surface area contributed by atoms with E-state index in [0.29, 0.717) is 57.9 Å². The molecule has 2 aromatic rings. The number of rotatable bonds is 9. The Bertz CT molecular complexity index is 1430. The Hall–Kier alpha value is -2.51. The summed E-state index contributed by atoms with van der Waals surface area (Å²) in [6.45, 7) is 5.19. The van der Waals surface area contributed by atoms with E-state index in [1.165, 1.54) is 6.07 Å². The third-order valence-corrected chi connectivity index (χ3v) is 12.5. The predicted molar refractivity (Wildman–Crippen MR) is 191 cm³/mol. The summed E-state index contributed by atoms with van der Waals surface area (Å²) in [4.78, 5) is 33.0. The van der Waals surface area contributed by atoms with E-state index in [-0.39, 0.29) is 46.2 Å². The lowest BCUT2D eigenvalue weighted by Gasteiger charge is -2.35. The molecule has 262 valence electrons. The first-order valence-corrected chi connectivity index (χ1v) is 18.7. The average molecular weight is 779 g/mol. The van der Waals surface area contributed by atoms with Crippen molar-refractivity contribution >= 4 is 40.1 Å². The van der Waals surface area contributed by atoms with Gasteiger partial charge in [-0.25, -0.2) is 8.78 Å². The normalized spacial score (nSPS) is 30.1. The van der Waals surface area contributed by atoms with Crippen molar-refractivity contribution in [2.24, 2.45) is 5.92 Å². The zero-order valence-corrected chi connectivity index (χ0v) is 30.5.